The van der Waals surface area contributed by atoms with Crippen molar-refractivity contribution in [1.82, 2.24) is 10.2 Å². The topological polar surface area (TPSA) is 82.6 Å². The quantitative estimate of drug-likeness (QED) is 0.694. The minimum Gasteiger partial charge on any atom is -0.496 e. The average molecular weight is 329 g/mol. The molecule has 0 radical (unpaired) electrons. The molecule has 0 spiro atoms. The number of H-pyrrole nitrogens is 2. The van der Waals surface area contributed by atoms with Gasteiger partial charge < -0.3 is 4.74 Å². The third kappa shape index (κ3) is 3.17. The Morgan fingerprint density at radius 1 is 1.00 bits per heavy atom. The summed E-state index contributed by atoms with van der Waals surface area (Å²) in [5.74, 6) is 0.630. The highest BCUT2D eigenvalue weighted by Crippen LogP contribution is 2.33. The van der Waals surface area contributed by atoms with Crippen LogP contribution < -0.4 is 10.3 Å². The number of ether oxygens (including phenoxy) is 1. The van der Waals surface area contributed by atoms with Gasteiger partial charge in [0.25, 0.3) is 5.56 Å². The van der Waals surface area contributed by atoms with Gasteiger partial charge >= 0.3 is 0 Å². The Labute approximate surface area is 136 Å². The summed E-state index contributed by atoms with van der Waals surface area (Å²) in [6.45, 7) is 0. The van der Waals surface area contributed by atoms with Gasteiger partial charge in [-0.25, -0.2) is 0 Å². The molecule has 2 N–H and O–H groups in total. The van der Waals surface area contributed by atoms with Crippen molar-refractivity contribution >= 4 is 23.0 Å². The van der Waals surface area contributed by atoms with Crippen molar-refractivity contribution < 1.29 is 4.74 Å². The van der Waals surface area contributed by atoms with Crippen LogP contribution in [0.5, 0.6) is 5.75 Å². The molecule has 0 aliphatic heterocycles. The second-order valence-electron chi connectivity index (χ2n) is 4.68. The maximum absolute atomic E-state index is 12.0. The van der Waals surface area contributed by atoms with E-state index in [1.807, 2.05) is 18.2 Å². The number of halogens is 1. The van der Waals surface area contributed by atoms with Crippen LogP contribution in [-0.2, 0) is 0 Å². The average Bonchev–Trinajstić information content (AvgIpc) is 2.95. The van der Waals surface area contributed by atoms with Crippen molar-refractivity contribution in [3.8, 4) is 17.0 Å². The van der Waals surface area contributed by atoms with E-state index >= 15 is 0 Å². The van der Waals surface area contributed by atoms with Crippen LogP contribution in [-0.4, -0.2) is 17.3 Å². The third-order valence-electron chi connectivity index (χ3n) is 3.22. The lowest BCUT2D eigenvalue weighted by molar-refractivity contribution is 0.416. The van der Waals surface area contributed by atoms with E-state index in [1.165, 1.54) is 0 Å². The second-order valence-corrected chi connectivity index (χ2v) is 5.12. The number of hydrogen-bond acceptors (Lipinski definition) is 4. The van der Waals surface area contributed by atoms with Gasteiger partial charge in [-0.2, -0.15) is 5.11 Å². The van der Waals surface area contributed by atoms with Crippen LogP contribution in [0.3, 0.4) is 0 Å². The van der Waals surface area contributed by atoms with Gasteiger partial charge in [-0.15, -0.1) is 5.11 Å². The summed E-state index contributed by atoms with van der Waals surface area (Å²) in [7, 11) is 1.57. The molecule has 2 aromatic carbocycles. The molecule has 3 aromatic rings. The first kappa shape index (κ1) is 15.1. The molecule has 116 valence electrons. The molecule has 0 amide bonds. The number of para-hydroxylation sites is 1. The van der Waals surface area contributed by atoms with Crippen LogP contribution in [0, 0.1) is 0 Å². The van der Waals surface area contributed by atoms with Gasteiger partial charge in [-0.05, 0) is 36.4 Å². The van der Waals surface area contributed by atoms with Crippen molar-refractivity contribution in [2.75, 3.05) is 7.11 Å². The Kier molecular flexibility index (Phi) is 4.25. The Balaban J connectivity index is 2.02. The lowest BCUT2D eigenvalue weighted by Crippen LogP contribution is -1.96. The Morgan fingerprint density at radius 3 is 2.48 bits per heavy atom. The van der Waals surface area contributed by atoms with Gasteiger partial charge in [0.1, 0.15) is 5.75 Å². The van der Waals surface area contributed by atoms with Gasteiger partial charge in [-0.1, -0.05) is 23.7 Å². The Bertz CT molecular complexity index is 897. The summed E-state index contributed by atoms with van der Waals surface area (Å²) in [6.07, 6.45) is 0. The zero-order valence-electron chi connectivity index (χ0n) is 12.2. The molecular formula is C16H13ClN4O2. The molecule has 1 aromatic heterocycles. The highest BCUT2D eigenvalue weighted by atomic mass is 35.5. The van der Waals surface area contributed by atoms with Gasteiger partial charge in [0.2, 0.25) is 0 Å². The van der Waals surface area contributed by atoms with Crippen molar-refractivity contribution in [2.24, 2.45) is 10.2 Å². The molecule has 1 heterocycles. The van der Waals surface area contributed by atoms with Crippen LogP contribution in [0.1, 0.15) is 0 Å². The van der Waals surface area contributed by atoms with E-state index in [4.69, 9.17) is 16.3 Å². The molecule has 0 atom stereocenters. The van der Waals surface area contributed by atoms with Gasteiger partial charge in [0.15, 0.2) is 5.69 Å². The van der Waals surface area contributed by atoms with Crippen molar-refractivity contribution in [2.45, 2.75) is 0 Å². The first-order chi connectivity index (χ1) is 11.2. The Hall–Kier alpha value is -2.86. The number of azo groups is 1. The minimum absolute atomic E-state index is 0.185. The number of methoxy groups -OCH3 is 1. The van der Waals surface area contributed by atoms with E-state index < -0.39 is 0 Å². The first-order valence-electron chi connectivity index (χ1n) is 6.80. The number of benzene rings is 2. The molecule has 0 aliphatic carbocycles. The van der Waals surface area contributed by atoms with E-state index in [1.54, 1.807) is 37.4 Å². The van der Waals surface area contributed by atoms with Crippen LogP contribution in [0.15, 0.2) is 63.6 Å². The number of nitrogens with zero attached hydrogens (tertiary/aromatic N) is 2. The van der Waals surface area contributed by atoms with Crippen LogP contribution >= 0.6 is 11.6 Å². The molecule has 3 rings (SSSR count). The minimum atomic E-state index is -0.358. The second kappa shape index (κ2) is 6.50. The van der Waals surface area contributed by atoms with Gasteiger partial charge in [0.05, 0.1) is 18.5 Å². The maximum atomic E-state index is 12.0. The first-order valence-corrected chi connectivity index (χ1v) is 7.18. The Morgan fingerprint density at radius 2 is 1.74 bits per heavy atom. The van der Waals surface area contributed by atoms with E-state index in [2.05, 4.69) is 20.4 Å². The highest BCUT2D eigenvalue weighted by Gasteiger charge is 2.15. The molecule has 6 nitrogen and oxygen atoms in total. The third-order valence-corrected chi connectivity index (χ3v) is 3.47. The standard InChI is InChI=1S/C16H13ClN4O2/c1-23-13-5-3-2-4-12(13)14-15(16(22)21-19-14)20-18-11-8-6-10(17)7-9-11/h2-9H,1H3,(H2,19,21,22). The fourth-order valence-corrected chi connectivity index (χ4v) is 2.23. The summed E-state index contributed by atoms with van der Waals surface area (Å²) >= 11 is 5.83. The zero-order chi connectivity index (χ0) is 16.2. The number of nitrogens with one attached hydrogen (secondary N) is 2. The predicted octanol–water partition coefficient (Wildman–Crippen LogP) is 4.45. The van der Waals surface area contributed by atoms with E-state index in [-0.39, 0.29) is 11.2 Å². The molecule has 7 heteroatoms. The van der Waals surface area contributed by atoms with Gasteiger partial charge in [-0.3, -0.25) is 15.0 Å². The lowest BCUT2D eigenvalue weighted by atomic mass is 10.1. The summed E-state index contributed by atoms with van der Waals surface area (Å²) in [6, 6.07) is 14.2. The zero-order valence-corrected chi connectivity index (χ0v) is 13.0. The van der Waals surface area contributed by atoms with E-state index in [9.17, 15) is 4.79 Å². The van der Waals surface area contributed by atoms with Crippen LogP contribution in [0.2, 0.25) is 5.02 Å². The van der Waals surface area contributed by atoms with E-state index in [0.29, 0.717) is 22.2 Å². The summed E-state index contributed by atoms with van der Waals surface area (Å²) in [5.41, 5.74) is 1.66. The lowest BCUT2D eigenvalue weighted by Gasteiger charge is -2.06. The van der Waals surface area contributed by atoms with Crippen molar-refractivity contribution in [3.63, 3.8) is 0 Å². The number of hydrogen-bond donors (Lipinski definition) is 2. The fourth-order valence-electron chi connectivity index (χ4n) is 2.11. The molecule has 0 saturated carbocycles. The van der Waals surface area contributed by atoms with Crippen molar-refractivity contribution in [3.05, 3.63) is 63.9 Å². The SMILES string of the molecule is COc1ccccc1-c1[nH][nH]c(=O)c1N=Nc1ccc(Cl)cc1. The molecule has 0 bridgehead atoms. The number of rotatable bonds is 4. The normalized spacial score (nSPS) is 11.0. The van der Waals surface area contributed by atoms with Gasteiger partial charge in [0, 0.05) is 10.6 Å². The molecular weight excluding hydrogens is 316 g/mol. The summed E-state index contributed by atoms with van der Waals surface area (Å²) in [5, 5.41) is 14.1. The fraction of sp³-hybridized carbons (Fsp3) is 0.0625. The smallest absolute Gasteiger partial charge is 0.292 e. The molecule has 0 aliphatic rings. The molecule has 0 unspecified atom stereocenters. The summed E-state index contributed by atoms with van der Waals surface area (Å²) in [4.78, 5) is 12.0. The molecule has 0 fully saturated rings. The van der Waals surface area contributed by atoms with Crippen molar-refractivity contribution in [1.29, 1.82) is 0 Å². The highest BCUT2D eigenvalue weighted by molar-refractivity contribution is 6.30. The number of aromatic amines is 2. The molecule has 23 heavy (non-hydrogen) atoms. The van der Waals surface area contributed by atoms with Crippen LogP contribution in [0.4, 0.5) is 11.4 Å². The molecule has 0 saturated heterocycles. The maximum Gasteiger partial charge on any atom is 0.292 e. The summed E-state index contributed by atoms with van der Waals surface area (Å²) < 4.78 is 5.32. The van der Waals surface area contributed by atoms with Crippen LogP contribution in [0.25, 0.3) is 11.3 Å². The monoisotopic (exact) mass is 328 g/mol. The number of aromatic nitrogens is 2. The largest absolute Gasteiger partial charge is 0.496 e. The van der Waals surface area contributed by atoms with E-state index in [0.717, 1.165) is 5.56 Å². The predicted molar refractivity (Wildman–Crippen MR) is 89.0 cm³/mol.